The fourth-order valence-electron chi connectivity index (χ4n) is 3.77. The monoisotopic (exact) mass is 518 g/mol. The zero-order valence-electron chi connectivity index (χ0n) is 20.2. The van der Waals surface area contributed by atoms with E-state index in [-0.39, 0.29) is 29.7 Å². The molecule has 1 heterocycles. The van der Waals surface area contributed by atoms with E-state index in [9.17, 15) is 27.2 Å². The van der Waals surface area contributed by atoms with E-state index in [4.69, 9.17) is 9.52 Å². The number of aryl methyl sites for hydroxylation is 1. The van der Waals surface area contributed by atoms with Crippen LogP contribution in [0.4, 0.5) is 29.3 Å². The van der Waals surface area contributed by atoms with Crippen LogP contribution in [-0.2, 0) is 4.79 Å². The number of hydrogen-bond acceptors (Lipinski definition) is 5. The van der Waals surface area contributed by atoms with Gasteiger partial charge in [-0.3, -0.25) is 9.59 Å². The van der Waals surface area contributed by atoms with Crippen molar-refractivity contribution >= 4 is 29.5 Å². The molecule has 0 bridgehead atoms. The zero-order chi connectivity index (χ0) is 27.2. The first-order valence-corrected chi connectivity index (χ1v) is 11.6. The zero-order valence-corrected chi connectivity index (χ0v) is 20.2. The molecule has 2 aromatic carbocycles. The molecule has 1 aromatic heterocycles. The molecule has 0 aliphatic carbocycles. The van der Waals surface area contributed by atoms with Gasteiger partial charge in [-0.25, -0.2) is 4.39 Å². The van der Waals surface area contributed by atoms with Crippen LogP contribution in [0.3, 0.4) is 0 Å². The summed E-state index contributed by atoms with van der Waals surface area (Å²) >= 11 is 0. The minimum absolute atomic E-state index is 0.0543. The number of rotatable bonds is 11. The number of benzene rings is 2. The molecule has 0 saturated carbocycles. The minimum Gasteiger partial charge on any atom is -0.481 e. The van der Waals surface area contributed by atoms with Crippen molar-refractivity contribution in [2.45, 2.75) is 45.7 Å². The number of ketones is 1. The Bertz CT molecular complexity index is 1280. The average molecular weight is 519 g/mol. The van der Waals surface area contributed by atoms with Crippen LogP contribution >= 0.6 is 0 Å². The molecular formula is C27H26F4N2O4. The Labute approximate surface area is 211 Å². The molecule has 37 heavy (non-hydrogen) atoms. The van der Waals surface area contributed by atoms with Crippen molar-refractivity contribution in [1.82, 2.24) is 4.98 Å². The molecule has 10 heteroatoms. The smallest absolute Gasteiger partial charge is 0.392 e. The number of hydrogen-bond donors (Lipinski definition) is 2. The molecule has 0 spiro atoms. The number of anilines is 2. The highest BCUT2D eigenvalue weighted by molar-refractivity contribution is 5.99. The number of Topliss-reactive ketones (excluding diaryl/α,β-unsaturated/α-hetero) is 1. The first-order chi connectivity index (χ1) is 17.5. The lowest BCUT2D eigenvalue weighted by atomic mass is 9.90. The predicted octanol–water partition coefficient (Wildman–Crippen LogP) is 7.57. The summed E-state index contributed by atoms with van der Waals surface area (Å²) in [6.07, 6.45) is -2.43. The number of aromatic nitrogens is 1. The van der Waals surface area contributed by atoms with Crippen molar-refractivity contribution in [2.24, 2.45) is 5.92 Å². The van der Waals surface area contributed by atoms with Crippen LogP contribution in [0.25, 0.3) is 17.2 Å². The lowest BCUT2D eigenvalue weighted by Gasteiger charge is -2.13. The highest BCUT2D eigenvalue weighted by atomic mass is 19.4. The van der Waals surface area contributed by atoms with E-state index in [0.29, 0.717) is 35.2 Å². The molecule has 0 radical (unpaired) electrons. The molecule has 0 fully saturated rings. The largest absolute Gasteiger partial charge is 0.481 e. The number of halogens is 4. The Hall–Kier alpha value is -3.95. The van der Waals surface area contributed by atoms with E-state index in [0.717, 1.165) is 6.08 Å². The standard InChI is InChI=1S/C27H26F4N2O4/c1-3-5-20(15-24(34)35)25(36)18-9-7-17(8-10-18)19-11-12-22(21(28)14-19)33-26-32-16(2)23(37-26)6-4-13-27(29,30)31/h4,6-12,14,20H,3,5,13,15H2,1-2H3,(H,32,33)(H,34,35)/b6-4-. The molecule has 0 amide bonds. The van der Waals surface area contributed by atoms with Gasteiger partial charge in [0.15, 0.2) is 11.5 Å². The van der Waals surface area contributed by atoms with E-state index < -0.39 is 30.3 Å². The second-order valence-electron chi connectivity index (χ2n) is 8.54. The quantitative estimate of drug-likeness (QED) is 0.201. The third-order valence-corrected chi connectivity index (χ3v) is 5.59. The predicted molar refractivity (Wildman–Crippen MR) is 131 cm³/mol. The van der Waals surface area contributed by atoms with Crippen LogP contribution in [0.1, 0.15) is 54.4 Å². The highest BCUT2D eigenvalue weighted by Crippen LogP contribution is 2.29. The summed E-state index contributed by atoms with van der Waals surface area (Å²) in [5.74, 6) is -2.36. The van der Waals surface area contributed by atoms with E-state index >= 15 is 0 Å². The number of carbonyl (C=O) groups is 2. The number of carbonyl (C=O) groups excluding carboxylic acids is 1. The summed E-state index contributed by atoms with van der Waals surface area (Å²) in [6, 6.07) is 10.8. The number of oxazole rings is 1. The van der Waals surface area contributed by atoms with Crippen molar-refractivity contribution in [3.05, 3.63) is 71.4 Å². The van der Waals surface area contributed by atoms with E-state index in [1.54, 1.807) is 37.3 Å². The summed E-state index contributed by atoms with van der Waals surface area (Å²) in [5, 5.41) is 11.8. The Morgan fingerprint density at radius 1 is 1.14 bits per heavy atom. The number of alkyl halides is 3. The maximum Gasteiger partial charge on any atom is 0.392 e. The van der Waals surface area contributed by atoms with Crippen LogP contribution < -0.4 is 5.32 Å². The van der Waals surface area contributed by atoms with Crippen LogP contribution in [0, 0.1) is 18.7 Å². The molecule has 0 aliphatic heterocycles. The number of nitrogens with zero attached hydrogens (tertiary/aromatic N) is 1. The van der Waals surface area contributed by atoms with Gasteiger partial charge in [0.25, 0.3) is 6.01 Å². The van der Waals surface area contributed by atoms with Gasteiger partial charge in [-0.15, -0.1) is 0 Å². The number of carboxylic acid groups (broad SMARTS) is 1. The average Bonchev–Trinajstić information content (AvgIpc) is 3.17. The fourth-order valence-corrected chi connectivity index (χ4v) is 3.77. The lowest BCUT2D eigenvalue weighted by molar-refractivity contribution is -0.137. The number of aliphatic carboxylic acids is 1. The first kappa shape index (κ1) is 27.6. The first-order valence-electron chi connectivity index (χ1n) is 11.6. The normalized spacial score (nSPS) is 12.6. The van der Waals surface area contributed by atoms with Crippen molar-refractivity contribution in [1.29, 1.82) is 0 Å². The van der Waals surface area contributed by atoms with Crippen LogP contribution in [0.15, 0.2) is 53.0 Å². The molecular weight excluding hydrogens is 492 g/mol. The molecule has 3 aromatic rings. The third-order valence-electron chi connectivity index (χ3n) is 5.59. The van der Waals surface area contributed by atoms with E-state index in [1.165, 1.54) is 18.2 Å². The van der Waals surface area contributed by atoms with Crippen molar-refractivity contribution in [3.8, 4) is 11.1 Å². The summed E-state index contributed by atoms with van der Waals surface area (Å²) < 4.78 is 57.2. The van der Waals surface area contributed by atoms with Crippen LogP contribution in [-0.4, -0.2) is 28.0 Å². The van der Waals surface area contributed by atoms with Crippen LogP contribution in [0.2, 0.25) is 0 Å². The third kappa shape index (κ3) is 7.77. The van der Waals surface area contributed by atoms with E-state index in [1.807, 2.05) is 6.92 Å². The van der Waals surface area contributed by atoms with Gasteiger partial charge in [-0.05, 0) is 42.7 Å². The Morgan fingerprint density at radius 2 is 1.81 bits per heavy atom. The van der Waals surface area contributed by atoms with Gasteiger partial charge in [0, 0.05) is 11.5 Å². The maximum atomic E-state index is 14.8. The Balaban J connectivity index is 1.72. The van der Waals surface area contributed by atoms with Gasteiger partial charge in [-0.2, -0.15) is 18.2 Å². The maximum absolute atomic E-state index is 14.8. The van der Waals surface area contributed by atoms with Crippen molar-refractivity contribution in [3.63, 3.8) is 0 Å². The second kappa shape index (κ2) is 11.9. The second-order valence-corrected chi connectivity index (χ2v) is 8.54. The van der Waals surface area contributed by atoms with E-state index in [2.05, 4.69) is 10.3 Å². The lowest BCUT2D eigenvalue weighted by Crippen LogP contribution is -2.18. The number of allylic oxidation sites excluding steroid dienone is 1. The number of nitrogens with one attached hydrogen (secondary N) is 1. The summed E-state index contributed by atoms with van der Waals surface area (Å²) in [5.41, 5.74) is 1.98. The number of carboxylic acids is 1. The van der Waals surface area contributed by atoms with Gasteiger partial charge in [-0.1, -0.05) is 49.8 Å². The summed E-state index contributed by atoms with van der Waals surface area (Å²) in [7, 11) is 0. The van der Waals surface area contributed by atoms with Gasteiger partial charge in [0.05, 0.1) is 24.2 Å². The van der Waals surface area contributed by atoms with Gasteiger partial charge in [0.2, 0.25) is 0 Å². The molecule has 196 valence electrons. The molecule has 2 N–H and O–H groups in total. The SMILES string of the molecule is CCCC(CC(=O)O)C(=O)c1ccc(-c2ccc(Nc3nc(C)c(/C=C\CC(F)(F)F)o3)c(F)c2)cc1. The topological polar surface area (TPSA) is 92.4 Å². The molecule has 0 aliphatic rings. The molecule has 6 nitrogen and oxygen atoms in total. The van der Waals surface area contributed by atoms with Crippen LogP contribution in [0.5, 0.6) is 0 Å². The van der Waals surface area contributed by atoms with Crippen molar-refractivity contribution < 1.29 is 36.7 Å². The Kier molecular flexibility index (Phi) is 8.86. The molecule has 3 rings (SSSR count). The Morgan fingerprint density at radius 3 is 2.41 bits per heavy atom. The molecule has 1 unspecified atom stereocenters. The fraction of sp³-hybridized carbons (Fsp3) is 0.296. The molecule has 0 saturated heterocycles. The highest BCUT2D eigenvalue weighted by Gasteiger charge is 2.25. The molecule has 1 atom stereocenters. The van der Waals surface area contributed by atoms with Gasteiger partial charge in [0.1, 0.15) is 5.82 Å². The van der Waals surface area contributed by atoms with Gasteiger partial charge < -0.3 is 14.8 Å². The summed E-state index contributed by atoms with van der Waals surface area (Å²) in [6.45, 7) is 3.44. The minimum atomic E-state index is -4.33. The van der Waals surface area contributed by atoms with Crippen molar-refractivity contribution in [2.75, 3.05) is 5.32 Å². The summed E-state index contributed by atoms with van der Waals surface area (Å²) in [4.78, 5) is 27.9. The van der Waals surface area contributed by atoms with Gasteiger partial charge >= 0.3 is 12.1 Å².